The molecule has 0 aromatic carbocycles. The second kappa shape index (κ2) is 22.7. The topological polar surface area (TPSA) is 227 Å². The van der Waals surface area contributed by atoms with Crippen LogP contribution in [0.3, 0.4) is 0 Å². The van der Waals surface area contributed by atoms with Crippen molar-refractivity contribution in [1.82, 2.24) is 31.1 Å². The van der Waals surface area contributed by atoms with Crippen LogP contribution in [0.5, 0.6) is 0 Å². The third kappa shape index (κ3) is 14.2. The Morgan fingerprint density at radius 1 is 0.649 bits per heavy atom. The molecule has 3 saturated heterocycles. The van der Waals surface area contributed by atoms with Gasteiger partial charge < -0.3 is 45.6 Å². The number of carbonyl (C=O) groups excluding carboxylic acids is 5. The molecule has 17 nitrogen and oxygen atoms in total. The number of hydrogen-bond donors (Lipinski definition) is 5. The summed E-state index contributed by atoms with van der Waals surface area (Å²) in [5, 5.41) is 27.3. The molecule has 6 fully saturated rings. The predicted molar refractivity (Wildman–Crippen MR) is 252 cm³/mol. The lowest BCUT2D eigenvalue weighted by molar-refractivity contribution is -0.193. The van der Waals surface area contributed by atoms with Crippen molar-refractivity contribution in [3.63, 3.8) is 0 Å². The van der Waals surface area contributed by atoms with Gasteiger partial charge in [0, 0.05) is 45.6 Å². The molecule has 0 atom stereocenters. The summed E-state index contributed by atoms with van der Waals surface area (Å²) in [4.78, 5) is 71.7. The lowest BCUT2D eigenvalue weighted by Gasteiger charge is -2.38. The fraction of sp³-hybridized carbons (Fsp3) is 0.826. The molecule has 8 rings (SSSR count). The van der Waals surface area contributed by atoms with E-state index in [0.717, 1.165) is 0 Å². The quantitative estimate of drug-likeness (QED) is 0.136. The van der Waals surface area contributed by atoms with E-state index in [1.807, 2.05) is 6.07 Å². The Morgan fingerprint density at radius 2 is 0.986 bits per heavy atom. The Morgan fingerprint density at radius 3 is 1.27 bits per heavy atom. The molecule has 28 heteroatoms. The number of amides is 5. The first-order chi connectivity index (χ1) is 34.0. The zero-order valence-corrected chi connectivity index (χ0v) is 43.9. The lowest BCUT2D eigenvalue weighted by Crippen LogP contribution is -2.58. The molecule has 5 amide bonds. The van der Waals surface area contributed by atoms with E-state index in [4.69, 9.17) is 37.8 Å². The molecule has 3 saturated carbocycles. The highest BCUT2D eigenvalue weighted by Gasteiger charge is 2.71. The Balaban J connectivity index is 0.000000230. The minimum Gasteiger partial charge on any atom is -0.444 e. The summed E-state index contributed by atoms with van der Waals surface area (Å²) in [6, 6.07) is 1.93. The molecule has 74 heavy (non-hydrogen) atoms. The van der Waals surface area contributed by atoms with Crippen molar-refractivity contribution >= 4 is 64.8 Å². The van der Waals surface area contributed by atoms with Crippen LogP contribution in [0.1, 0.15) is 126 Å². The van der Waals surface area contributed by atoms with Gasteiger partial charge in [-0.3, -0.25) is 24.4 Å². The van der Waals surface area contributed by atoms with Gasteiger partial charge in [0.2, 0.25) is 5.91 Å². The molecule has 8 aliphatic rings. The monoisotopic (exact) mass is 1110 g/mol. The van der Waals surface area contributed by atoms with E-state index in [0.29, 0.717) is 25.9 Å². The maximum atomic E-state index is 13.3. The van der Waals surface area contributed by atoms with Gasteiger partial charge in [-0.2, -0.15) is 44.8 Å². The van der Waals surface area contributed by atoms with Gasteiger partial charge in [0.05, 0.1) is 11.4 Å². The highest BCUT2D eigenvalue weighted by atomic mass is 35.5. The number of alkyl halides is 11. The van der Waals surface area contributed by atoms with Gasteiger partial charge in [0.25, 0.3) is 11.8 Å². The summed E-state index contributed by atoms with van der Waals surface area (Å²) in [6.45, 7) is 14.3. The number of nitriles is 1. The third-order valence-electron chi connectivity index (χ3n) is 13.7. The fourth-order valence-corrected chi connectivity index (χ4v) is 8.71. The highest BCUT2D eigenvalue weighted by molar-refractivity contribution is 6.40. The Bertz CT molecular complexity index is 2150. The first-order valence-corrected chi connectivity index (χ1v) is 25.2. The lowest BCUT2D eigenvalue weighted by atomic mass is 9.88. The molecular formula is C46H66Cl2F9N9O8. The van der Waals surface area contributed by atoms with Crippen LogP contribution in [0.4, 0.5) is 49.1 Å². The summed E-state index contributed by atoms with van der Waals surface area (Å²) in [5.74, 6) is -2.42. The number of piperidine rings is 3. The van der Waals surface area contributed by atoms with Crippen LogP contribution < -0.4 is 21.3 Å². The molecule has 5 heterocycles. The van der Waals surface area contributed by atoms with Crippen molar-refractivity contribution in [3.05, 3.63) is 0 Å². The van der Waals surface area contributed by atoms with Crippen LogP contribution in [-0.4, -0.2) is 154 Å². The third-order valence-corrected chi connectivity index (χ3v) is 13.7. The number of nitrogens with one attached hydrogen (secondary N) is 4. The van der Waals surface area contributed by atoms with Crippen LogP contribution in [0.15, 0.2) is 9.98 Å². The van der Waals surface area contributed by atoms with Crippen LogP contribution in [0.2, 0.25) is 0 Å². The zero-order valence-electron chi connectivity index (χ0n) is 42.3. The van der Waals surface area contributed by atoms with E-state index in [2.05, 4.69) is 31.3 Å². The molecule has 5 aliphatic heterocycles. The fourth-order valence-electron chi connectivity index (χ4n) is 8.71. The molecule has 5 N–H and O–H groups in total. The average molecular weight is 1110 g/mol. The van der Waals surface area contributed by atoms with Crippen molar-refractivity contribution in [3.8, 4) is 6.07 Å². The smallest absolute Gasteiger partial charge is 0.410 e. The van der Waals surface area contributed by atoms with E-state index >= 15 is 0 Å². The number of aliphatic imine (C=N–C) groups is 2. The molecular weight excluding hydrogens is 1050 g/mol. The maximum Gasteiger partial charge on any atom is 0.410 e. The summed E-state index contributed by atoms with van der Waals surface area (Å²) >= 11 is 9.53. The molecule has 420 valence electrons. The van der Waals surface area contributed by atoms with Gasteiger partial charge >= 0.3 is 30.7 Å². The van der Waals surface area contributed by atoms with Crippen LogP contribution in [-0.2, 0) is 23.9 Å². The van der Waals surface area contributed by atoms with Crippen molar-refractivity contribution in [2.45, 2.75) is 172 Å². The number of carbonyl (C=O) groups is 5. The summed E-state index contributed by atoms with van der Waals surface area (Å²) < 4.78 is 128. The standard InChI is InChI=1S/2C16H22F3N3O3.C11H14F3N3O.C2H6O.CH2Cl2/c1-13(2,3)25-12(24)22-8-6-15(7-9-22)11(23)20-10(21-15)14(4-5-14)16(17,18)19;1-13(2,3)25-12(24)22-8-6-14(10-20,7-9-22)21-11(23)15(4-5-15)16(17,18)19;12-11(13,14)9(1-2-9)7-16-8(18)10(17-7)3-5-15-6-4-10;1-2-3;2-1-3/h4-9H2,1-3H3,(H,20,21,23);4-9H2,1-3H3,(H,21,23);15H,1-6H2,(H,16,17,18);3H,2H2,1H3;1H2. The van der Waals surface area contributed by atoms with Crippen molar-refractivity contribution in [1.29, 1.82) is 5.26 Å². The van der Waals surface area contributed by atoms with Gasteiger partial charge in [-0.15, -0.1) is 23.2 Å². The molecule has 0 aromatic rings. The number of nitrogens with zero attached hydrogens (tertiary/aromatic N) is 5. The zero-order chi connectivity index (χ0) is 56.2. The minimum atomic E-state index is -4.62. The van der Waals surface area contributed by atoms with Gasteiger partial charge in [-0.1, -0.05) is 0 Å². The number of amidine groups is 2. The summed E-state index contributed by atoms with van der Waals surface area (Å²) in [5.41, 5.74) is -11.1. The molecule has 2 spiro atoms. The maximum absolute atomic E-state index is 13.3. The van der Waals surface area contributed by atoms with Gasteiger partial charge in [-0.05, 0) is 126 Å². The second-order valence-corrected chi connectivity index (χ2v) is 22.2. The van der Waals surface area contributed by atoms with E-state index in [9.17, 15) is 68.7 Å². The first kappa shape index (κ1) is 62.2. The number of aliphatic hydroxyl groups excluding tert-OH is 1. The molecule has 3 aliphatic carbocycles. The molecule has 0 unspecified atom stereocenters. The predicted octanol–water partition coefficient (Wildman–Crippen LogP) is 7.76. The Kier molecular flexibility index (Phi) is 19.1. The number of halogens is 11. The minimum absolute atomic E-state index is 0.0317. The van der Waals surface area contributed by atoms with E-state index in [1.165, 1.54) is 9.80 Å². The second-order valence-electron chi connectivity index (χ2n) is 21.4. The number of likely N-dealkylation sites (tertiary alicyclic amines) is 2. The average Bonchev–Trinajstić information content (AvgIpc) is 4.17. The van der Waals surface area contributed by atoms with Gasteiger partial charge in [0.1, 0.15) is 55.7 Å². The van der Waals surface area contributed by atoms with Gasteiger partial charge in [0.15, 0.2) is 0 Å². The van der Waals surface area contributed by atoms with Crippen molar-refractivity contribution < 1.29 is 78.1 Å². The summed E-state index contributed by atoms with van der Waals surface area (Å²) in [6.07, 6.45) is -13.5. The van der Waals surface area contributed by atoms with E-state index in [1.54, 1.807) is 48.5 Å². The largest absolute Gasteiger partial charge is 0.444 e. The summed E-state index contributed by atoms with van der Waals surface area (Å²) in [7, 11) is 0. The van der Waals surface area contributed by atoms with Crippen molar-refractivity contribution in [2.75, 3.05) is 51.2 Å². The number of ether oxygens (including phenoxy) is 2. The molecule has 0 aromatic heterocycles. The SMILES string of the molecule is CC(C)(C)OC(=O)N1CCC(C#N)(NC(=O)C2(C(F)(F)F)CC2)CC1.CC(C)(C)OC(=O)N1CCC2(CC1)N=C(C1(C(F)(F)F)CC1)NC2=O.CCO.ClCCl.O=C1NC(C2(C(F)(F)F)CC2)=NC12CCNCC2. The normalized spacial score (nSPS) is 23.3. The van der Waals surface area contributed by atoms with Crippen LogP contribution in [0.25, 0.3) is 0 Å². The number of hydrogen-bond acceptors (Lipinski definition) is 12. The highest BCUT2D eigenvalue weighted by Crippen LogP contribution is 2.61. The van der Waals surface area contributed by atoms with E-state index in [-0.39, 0.29) is 120 Å². The number of rotatable bonds is 4. The van der Waals surface area contributed by atoms with Gasteiger partial charge in [-0.25, -0.2) is 9.59 Å². The number of aliphatic hydroxyl groups is 1. The Hall–Kier alpha value is -4.35. The Labute approximate surface area is 433 Å². The molecule has 0 bridgehead atoms. The van der Waals surface area contributed by atoms with Crippen LogP contribution in [0, 0.1) is 27.6 Å². The van der Waals surface area contributed by atoms with E-state index < -0.39 is 86.6 Å². The molecule has 0 radical (unpaired) electrons. The van der Waals surface area contributed by atoms with Crippen LogP contribution >= 0.6 is 23.2 Å². The van der Waals surface area contributed by atoms with Crippen molar-refractivity contribution in [2.24, 2.45) is 26.2 Å². The first-order valence-electron chi connectivity index (χ1n) is 24.1.